The number of carbonyl (C=O) groups excluding carboxylic acids is 2. The normalized spacial score (nSPS) is 13.3. The average molecular weight is 427 g/mol. The molecule has 0 fully saturated rings. The van der Waals surface area contributed by atoms with Gasteiger partial charge in [0.25, 0.3) is 5.91 Å². The van der Waals surface area contributed by atoms with Crippen LogP contribution in [0.4, 0.5) is 5.69 Å². The number of nitrogens with one attached hydrogen (secondary N) is 1. The molecule has 0 radical (unpaired) electrons. The number of hydrogen-bond acceptors (Lipinski definition) is 5. The smallest absolute Gasteiger partial charge is 0.269 e. The summed E-state index contributed by atoms with van der Waals surface area (Å²) in [5.74, 6) is -0.258. The summed E-state index contributed by atoms with van der Waals surface area (Å²) in [4.78, 5) is 32.9. The number of amides is 2. The van der Waals surface area contributed by atoms with Gasteiger partial charge in [-0.15, -0.1) is 11.3 Å². The second-order valence-corrected chi connectivity index (χ2v) is 7.66. The molecule has 3 rings (SSSR count). The van der Waals surface area contributed by atoms with Gasteiger partial charge in [-0.2, -0.15) is 0 Å². The molecule has 0 saturated heterocycles. The fourth-order valence-electron chi connectivity index (χ4n) is 3.17. The molecule has 2 heterocycles. The minimum Gasteiger partial charge on any atom is -0.358 e. The van der Waals surface area contributed by atoms with Crippen LogP contribution in [0.15, 0.2) is 59.8 Å². The van der Waals surface area contributed by atoms with E-state index in [1.165, 1.54) is 4.90 Å². The highest BCUT2D eigenvalue weighted by atomic mass is 32.1. The number of carbonyl (C=O) groups is 2. The van der Waals surface area contributed by atoms with Gasteiger partial charge < -0.3 is 15.1 Å². The molecule has 0 atom stereocenters. The fraction of sp³-hybridized carbons (Fsp3) is 0.348. The van der Waals surface area contributed by atoms with E-state index in [0.717, 1.165) is 34.7 Å². The third kappa shape index (κ3) is 5.79. The topological polar surface area (TPSA) is 65.5 Å². The predicted molar refractivity (Wildman–Crippen MR) is 124 cm³/mol. The lowest BCUT2D eigenvalue weighted by atomic mass is 10.0. The first kappa shape index (κ1) is 23.3. The van der Waals surface area contributed by atoms with Crippen LogP contribution >= 0.6 is 11.3 Å². The van der Waals surface area contributed by atoms with Crippen molar-refractivity contribution in [1.29, 1.82) is 0 Å². The van der Waals surface area contributed by atoms with Crippen LogP contribution in [0.5, 0.6) is 0 Å². The molecule has 0 unspecified atom stereocenters. The molecule has 1 aliphatic rings. The Labute approximate surface area is 182 Å². The molecule has 1 N–H and O–H groups in total. The zero-order valence-corrected chi connectivity index (χ0v) is 19.0. The Morgan fingerprint density at radius 1 is 1.27 bits per heavy atom. The number of thiazole rings is 1. The van der Waals surface area contributed by atoms with Gasteiger partial charge in [0.2, 0.25) is 5.91 Å². The van der Waals surface area contributed by atoms with Gasteiger partial charge in [0, 0.05) is 43.5 Å². The number of hydrogen-bond donors (Lipinski definition) is 1. The lowest BCUT2D eigenvalue weighted by Crippen LogP contribution is -2.42. The number of aromatic nitrogens is 1. The maximum absolute atomic E-state index is 12.6. The molecule has 0 saturated carbocycles. The van der Waals surface area contributed by atoms with Gasteiger partial charge in [-0.3, -0.25) is 9.59 Å². The van der Waals surface area contributed by atoms with E-state index < -0.39 is 0 Å². The summed E-state index contributed by atoms with van der Waals surface area (Å²) < 4.78 is 0. The highest BCUT2D eigenvalue weighted by molar-refractivity contribution is 7.13. The van der Waals surface area contributed by atoms with Crippen LogP contribution in [0.3, 0.4) is 0 Å². The Morgan fingerprint density at radius 3 is 2.53 bits per heavy atom. The molecule has 2 amide bonds. The van der Waals surface area contributed by atoms with E-state index in [4.69, 9.17) is 0 Å². The first-order chi connectivity index (χ1) is 14.5. The van der Waals surface area contributed by atoms with E-state index in [0.29, 0.717) is 12.2 Å². The second kappa shape index (κ2) is 11.3. The lowest BCUT2D eigenvalue weighted by Gasteiger charge is -2.33. The van der Waals surface area contributed by atoms with E-state index in [-0.39, 0.29) is 18.4 Å². The molecule has 1 aliphatic heterocycles. The Morgan fingerprint density at radius 2 is 1.97 bits per heavy atom. The van der Waals surface area contributed by atoms with Gasteiger partial charge in [0.15, 0.2) is 0 Å². The molecule has 2 aromatic rings. The Balaban J connectivity index is 0.00000155. The van der Waals surface area contributed by atoms with Crippen molar-refractivity contribution in [1.82, 2.24) is 14.8 Å². The quantitative estimate of drug-likeness (QED) is 0.744. The Bertz CT molecular complexity index is 886. The van der Waals surface area contributed by atoms with Crippen LogP contribution in [0.25, 0.3) is 10.6 Å². The summed E-state index contributed by atoms with van der Waals surface area (Å²) in [6, 6.07) is 7.60. The van der Waals surface area contributed by atoms with Gasteiger partial charge in [-0.1, -0.05) is 26.5 Å². The molecule has 160 valence electrons. The lowest BCUT2D eigenvalue weighted by molar-refractivity contribution is -0.127. The van der Waals surface area contributed by atoms with E-state index in [1.54, 1.807) is 37.7 Å². The summed E-state index contributed by atoms with van der Waals surface area (Å²) in [5, 5.41) is 5.79. The van der Waals surface area contributed by atoms with Gasteiger partial charge in [-0.05, 0) is 42.7 Å². The fourth-order valence-corrected chi connectivity index (χ4v) is 3.82. The van der Waals surface area contributed by atoms with Crippen molar-refractivity contribution in [3.05, 3.63) is 59.8 Å². The third-order valence-corrected chi connectivity index (χ3v) is 5.35. The van der Waals surface area contributed by atoms with Gasteiger partial charge >= 0.3 is 0 Å². The Kier molecular flexibility index (Phi) is 8.80. The van der Waals surface area contributed by atoms with Crippen molar-refractivity contribution in [2.45, 2.75) is 26.7 Å². The molecule has 0 spiro atoms. The monoisotopic (exact) mass is 426 g/mol. The molecular weight excluding hydrogens is 396 g/mol. The zero-order chi connectivity index (χ0) is 22.1. The van der Waals surface area contributed by atoms with Crippen LogP contribution in [-0.2, 0) is 9.59 Å². The van der Waals surface area contributed by atoms with Crippen molar-refractivity contribution in [2.75, 3.05) is 32.5 Å². The molecule has 1 aromatic carbocycles. The van der Waals surface area contributed by atoms with E-state index in [1.807, 2.05) is 48.4 Å². The van der Waals surface area contributed by atoms with Crippen LogP contribution in [0.1, 0.15) is 26.7 Å². The summed E-state index contributed by atoms with van der Waals surface area (Å²) >= 11 is 1.57. The standard InChI is InChI=1S/C21H24N4O2S.C2H6/c1-4-15-6-5-12-25(19(15)21(27)24(2)3)14-18(26)23-17-9-7-16(8-10-17)20-22-11-13-28-20;1-2/h4,7-11,13H,1,5-6,12,14H2,2-3H3,(H,23,26);1-2H3. The number of anilines is 1. The number of allylic oxidation sites excluding steroid dienone is 2. The van der Waals surface area contributed by atoms with Gasteiger partial charge in [0.1, 0.15) is 10.7 Å². The third-order valence-electron chi connectivity index (χ3n) is 4.53. The minimum atomic E-state index is -0.156. The zero-order valence-electron chi connectivity index (χ0n) is 18.1. The van der Waals surface area contributed by atoms with Gasteiger partial charge in [0.05, 0.1) is 6.54 Å². The molecule has 0 aliphatic carbocycles. The number of likely N-dealkylation sites (N-methyl/N-ethyl adjacent to an activating group) is 1. The molecule has 7 heteroatoms. The number of benzene rings is 1. The van der Waals surface area contributed by atoms with Crippen LogP contribution in [0.2, 0.25) is 0 Å². The van der Waals surface area contributed by atoms with Crippen molar-refractivity contribution >= 4 is 28.8 Å². The minimum absolute atomic E-state index is 0.102. The number of nitrogens with zero attached hydrogens (tertiary/aromatic N) is 3. The van der Waals surface area contributed by atoms with Crippen LogP contribution < -0.4 is 5.32 Å². The molecular formula is C23H30N4O2S. The van der Waals surface area contributed by atoms with Crippen LogP contribution in [0, 0.1) is 0 Å². The first-order valence-electron chi connectivity index (χ1n) is 10.1. The largest absolute Gasteiger partial charge is 0.358 e. The van der Waals surface area contributed by atoms with E-state index in [9.17, 15) is 9.59 Å². The maximum Gasteiger partial charge on any atom is 0.269 e. The van der Waals surface area contributed by atoms with Gasteiger partial charge in [-0.25, -0.2) is 4.98 Å². The Hall–Kier alpha value is -2.93. The summed E-state index contributed by atoms with van der Waals surface area (Å²) in [6.45, 7) is 8.62. The molecule has 30 heavy (non-hydrogen) atoms. The van der Waals surface area contributed by atoms with E-state index >= 15 is 0 Å². The van der Waals surface area contributed by atoms with Crippen molar-refractivity contribution in [3.8, 4) is 10.6 Å². The summed E-state index contributed by atoms with van der Waals surface area (Å²) in [6.07, 6.45) is 5.18. The highest BCUT2D eigenvalue weighted by Crippen LogP contribution is 2.25. The predicted octanol–water partition coefficient (Wildman–Crippen LogP) is 4.40. The average Bonchev–Trinajstić information content (AvgIpc) is 3.30. The highest BCUT2D eigenvalue weighted by Gasteiger charge is 2.27. The number of rotatable bonds is 6. The van der Waals surface area contributed by atoms with Crippen molar-refractivity contribution in [3.63, 3.8) is 0 Å². The molecule has 0 bridgehead atoms. The van der Waals surface area contributed by atoms with Crippen molar-refractivity contribution < 1.29 is 9.59 Å². The SMILES string of the molecule is C=CC1=C(C(=O)N(C)C)N(CC(=O)Nc2ccc(-c3nccs3)cc2)CCC1.CC. The van der Waals surface area contributed by atoms with E-state index in [2.05, 4.69) is 16.9 Å². The molecule has 6 nitrogen and oxygen atoms in total. The van der Waals surface area contributed by atoms with Crippen LogP contribution in [-0.4, -0.2) is 53.8 Å². The second-order valence-electron chi connectivity index (χ2n) is 6.77. The van der Waals surface area contributed by atoms with Crippen molar-refractivity contribution in [2.24, 2.45) is 0 Å². The maximum atomic E-state index is 12.6. The summed E-state index contributed by atoms with van der Waals surface area (Å²) in [7, 11) is 3.43. The first-order valence-corrected chi connectivity index (χ1v) is 11.0. The molecule has 1 aromatic heterocycles. The summed E-state index contributed by atoms with van der Waals surface area (Å²) in [5.41, 5.74) is 3.20.